The molecule has 1 spiro atoms. The van der Waals surface area contributed by atoms with E-state index < -0.39 is 40.4 Å². The first kappa shape index (κ1) is 28.6. The molecule has 210 valence electrons. The standard InChI is InChI=1S/C29H36F2N4O4/c1-28(2,32)26(37)33-24(17-39-16-20-10-11-21(30)14-23(20)31)25(36)35-13-7-12-29(18-35)22(15-34(3)27(29)38)19-8-5-4-6-9-19/h4-6,8-11,14,22,24H,7,12-13,15-18,32H2,1-3H3,(H,33,37). The van der Waals surface area contributed by atoms with E-state index in [1.807, 2.05) is 30.3 Å². The first-order chi connectivity index (χ1) is 18.4. The van der Waals surface area contributed by atoms with E-state index in [9.17, 15) is 23.2 Å². The number of nitrogens with two attached hydrogens (primary N) is 1. The molecule has 0 aliphatic carbocycles. The average molecular weight is 543 g/mol. The summed E-state index contributed by atoms with van der Waals surface area (Å²) in [5.41, 5.74) is 5.09. The van der Waals surface area contributed by atoms with Gasteiger partial charge in [-0.25, -0.2) is 8.78 Å². The molecular weight excluding hydrogens is 506 g/mol. The molecule has 2 saturated heterocycles. The van der Waals surface area contributed by atoms with Crippen molar-refractivity contribution in [3.8, 4) is 0 Å². The minimum absolute atomic E-state index is 0.000523. The molecule has 3 N–H and O–H groups in total. The van der Waals surface area contributed by atoms with Gasteiger partial charge in [0.2, 0.25) is 17.7 Å². The first-order valence-corrected chi connectivity index (χ1v) is 13.1. The molecule has 0 radical (unpaired) electrons. The van der Waals surface area contributed by atoms with E-state index in [-0.39, 0.29) is 37.1 Å². The van der Waals surface area contributed by atoms with Gasteiger partial charge < -0.3 is 25.6 Å². The van der Waals surface area contributed by atoms with Crippen molar-refractivity contribution in [3.63, 3.8) is 0 Å². The van der Waals surface area contributed by atoms with Gasteiger partial charge in [-0.2, -0.15) is 0 Å². The number of carbonyl (C=O) groups excluding carboxylic acids is 3. The van der Waals surface area contributed by atoms with E-state index in [2.05, 4.69) is 5.32 Å². The molecule has 10 heteroatoms. The highest BCUT2D eigenvalue weighted by Gasteiger charge is 2.55. The zero-order valence-corrected chi connectivity index (χ0v) is 22.6. The molecule has 2 aromatic carbocycles. The molecule has 8 nitrogen and oxygen atoms in total. The number of nitrogens with zero attached hydrogens (tertiary/aromatic N) is 2. The van der Waals surface area contributed by atoms with Crippen molar-refractivity contribution in [3.05, 3.63) is 71.3 Å². The Balaban J connectivity index is 1.54. The van der Waals surface area contributed by atoms with Crippen LogP contribution in [0.15, 0.2) is 48.5 Å². The monoisotopic (exact) mass is 542 g/mol. The van der Waals surface area contributed by atoms with Crippen LogP contribution in [0.1, 0.15) is 43.7 Å². The first-order valence-electron chi connectivity index (χ1n) is 13.1. The molecule has 2 aromatic rings. The third-order valence-corrected chi connectivity index (χ3v) is 7.68. The van der Waals surface area contributed by atoms with E-state index in [1.165, 1.54) is 19.9 Å². The molecule has 2 heterocycles. The minimum Gasteiger partial charge on any atom is -0.374 e. The Kier molecular flexibility index (Phi) is 8.37. The molecular formula is C29H36F2N4O4. The number of ether oxygens (including phenoxy) is 1. The minimum atomic E-state index is -1.26. The summed E-state index contributed by atoms with van der Waals surface area (Å²) in [6.07, 6.45) is 1.27. The quantitative estimate of drug-likeness (QED) is 0.534. The fourth-order valence-corrected chi connectivity index (χ4v) is 5.57. The van der Waals surface area contributed by atoms with Crippen molar-refractivity contribution in [2.45, 2.75) is 50.8 Å². The molecule has 4 rings (SSSR count). The second-order valence-corrected chi connectivity index (χ2v) is 11.2. The molecule has 3 unspecified atom stereocenters. The number of likely N-dealkylation sites (tertiary alicyclic amines) is 2. The summed E-state index contributed by atoms with van der Waals surface area (Å²) in [5.74, 6) is -2.51. The summed E-state index contributed by atoms with van der Waals surface area (Å²) in [6, 6.07) is 11.9. The number of piperidine rings is 1. The zero-order valence-electron chi connectivity index (χ0n) is 22.6. The Bertz CT molecular complexity index is 1220. The summed E-state index contributed by atoms with van der Waals surface area (Å²) in [6.45, 7) is 3.75. The number of rotatable bonds is 8. The molecule has 2 aliphatic rings. The van der Waals surface area contributed by atoms with Crippen molar-refractivity contribution in [2.75, 3.05) is 33.3 Å². The van der Waals surface area contributed by atoms with Gasteiger partial charge in [-0.15, -0.1) is 0 Å². The fraction of sp³-hybridized carbons (Fsp3) is 0.483. The van der Waals surface area contributed by atoms with Crippen LogP contribution in [0, 0.1) is 17.0 Å². The van der Waals surface area contributed by atoms with E-state index in [0.29, 0.717) is 25.9 Å². The second kappa shape index (κ2) is 11.4. The van der Waals surface area contributed by atoms with Gasteiger partial charge >= 0.3 is 0 Å². The number of benzene rings is 2. The Hall–Kier alpha value is -3.37. The van der Waals surface area contributed by atoms with Gasteiger partial charge in [-0.3, -0.25) is 14.4 Å². The van der Waals surface area contributed by atoms with Gasteiger partial charge in [-0.05, 0) is 38.3 Å². The Morgan fingerprint density at radius 3 is 2.59 bits per heavy atom. The van der Waals surface area contributed by atoms with Gasteiger partial charge in [0.25, 0.3) is 0 Å². The number of likely N-dealkylation sites (N-methyl/N-ethyl adjacent to an activating group) is 1. The van der Waals surface area contributed by atoms with Crippen LogP contribution in [0.2, 0.25) is 0 Å². The zero-order chi connectivity index (χ0) is 28.4. The lowest BCUT2D eigenvalue weighted by molar-refractivity contribution is -0.147. The van der Waals surface area contributed by atoms with Crippen LogP contribution in [0.4, 0.5) is 8.78 Å². The predicted molar refractivity (Wildman–Crippen MR) is 141 cm³/mol. The summed E-state index contributed by atoms with van der Waals surface area (Å²) < 4.78 is 33.0. The highest BCUT2D eigenvalue weighted by Crippen LogP contribution is 2.49. The van der Waals surface area contributed by atoms with Crippen molar-refractivity contribution >= 4 is 17.7 Å². The molecule has 0 saturated carbocycles. The number of hydrogen-bond donors (Lipinski definition) is 2. The maximum absolute atomic E-state index is 14.1. The van der Waals surface area contributed by atoms with Gasteiger partial charge in [0.1, 0.15) is 17.7 Å². The van der Waals surface area contributed by atoms with Crippen LogP contribution < -0.4 is 11.1 Å². The number of hydrogen-bond acceptors (Lipinski definition) is 5. The highest BCUT2D eigenvalue weighted by atomic mass is 19.1. The lowest BCUT2D eigenvalue weighted by atomic mass is 9.69. The summed E-state index contributed by atoms with van der Waals surface area (Å²) in [7, 11) is 1.78. The Morgan fingerprint density at radius 2 is 1.92 bits per heavy atom. The van der Waals surface area contributed by atoms with Crippen LogP contribution in [-0.4, -0.2) is 72.4 Å². The summed E-state index contributed by atoms with van der Waals surface area (Å²) >= 11 is 0. The van der Waals surface area contributed by atoms with E-state index in [0.717, 1.165) is 17.7 Å². The Morgan fingerprint density at radius 1 is 1.21 bits per heavy atom. The average Bonchev–Trinajstić information content (AvgIpc) is 3.13. The maximum Gasteiger partial charge on any atom is 0.247 e. The molecule has 3 atom stereocenters. The molecule has 3 amide bonds. The van der Waals surface area contributed by atoms with Crippen molar-refractivity contribution < 1.29 is 27.9 Å². The fourth-order valence-electron chi connectivity index (χ4n) is 5.57. The van der Waals surface area contributed by atoms with Crippen LogP contribution in [0.25, 0.3) is 0 Å². The van der Waals surface area contributed by atoms with E-state index in [1.54, 1.807) is 16.8 Å². The third kappa shape index (κ3) is 6.12. The van der Waals surface area contributed by atoms with Crippen molar-refractivity contribution in [1.82, 2.24) is 15.1 Å². The Labute approximate surface area is 227 Å². The largest absolute Gasteiger partial charge is 0.374 e. The number of carbonyl (C=O) groups is 3. The smallest absolute Gasteiger partial charge is 0.247 e. The lowest BCUT2D eigenvalue weighted by Gasteiger charge is -2.43. The van der Waals surface area contributed by atoms with Gasteiger partial charge in [0.15, 0.2) is 0 Å². The van der Waals surface area contributed by atoms with E-state index in [4.69, 9.17) is 10.5 Å². The van der Waals surface area contributed by atoms with Crippen LogP contribution in [0.3, 0.4) is 0 Å². The topological polar surface area (TPSA) is 105 Å². The summed E-state index contributed by atoms with van der Waals surface area (Å²) in [5, 5.41) is 2.68. The highest BCUT2D eigenvalue weighted by molar-refractivity contribution is 5.92. The second-order valence-electron chi connectivity index (χ2n) is 11.2. The van der Waals surface area contributed by atoms with Gasteiger partial charge in [0, 0.05) is 44.2 Å². The maximum atomic E-state index is 14.1. The predicted octanol–water partition coefficient (Wildman–Crippen LogP) is 2.57. The SMILES string of the molecule is CN1CC(c2ccccc2)C2(CCCN(C(=O)C(COCc3ccc(F)cc3F)NC(=O)C(C)(C)N)C2)C1=O. The van der Waals surface area contributed by atoms with Crippen molar-refractivity contribution in [2.24, 2.45) is 11.1 Å². The number of halogens is 2. The van der Waals surface area contributed by atoms with Crippen LogP contribution >= 0.6 is 0 Å². The normalized spacial score (nSPS) is 22.3. The molecule has 39 heavy (non-hydrogen) atoms. The van der Waals surface area contributed by atoms with Crippen molar-refractivity contribution in [1.29, 1.82) is 0 Å². The number of amides is 3. The number of nitrogens with one attached hydrogen (secondary N) is 1. The summed E-state index contributed by atoms with van der Waals surface area (Å²) in [4.78, 5) is 43.4. The van der Waals surface area contributed by atoms with Gasteiger partial charge in [0.05, 0.1) is 24.2 Å². The molecule has 0 bridgehead atoms. The molecule has 2 aliphatic heterocycles. The third-order valence-electron chi connectivity index (χ3n) is 7.68. The van der Waals surface area contributed by atoms with Crippen LogP contribution in [0.5, 0.6) is 0 Å². The molecule has 0 aromatic heterocycles. The van der Waals surface area contributed by atoms with Crippen LogP contribution in [-0.2, 0) is 25.7 Å². The van der Waals surface area contributed by atoms with E-state index >= 15 is 0 Å². The van der Waals surface area contributed by atoms with Gasteiger partial charge in [-0.1, -0.05) is 36.4 Å². The molecule has 2 fully saturated rings. The lowest BCUT2D eigenvalue weighted by Crippen LogP contribution is -2.60.